The van der Waals surface area contributed by atoms with Crippen LogP contribution in [0.2, 0.25) is 0 Å². The Balaban J connectivity index is 1.87. The third-order valence-corrected chi connectivity index (χ3v) is 4.26. The Hall–Kier alpha value is -2.49. The van der Waals surface area contributed by atoms with Crippen LogP contribution < -0.4 is 14.8 Å². The van der Waals surface area contributed by atoms with E-state index >= 15 is 0 Å². The van der Waals surface area contributed by atoms with Crippen molar-refractivity contribution in [3.05, 3.63) is 59.2 Å². The minimum atomic E-state index is -0.326. The summed E-state index contributed by atoms with van der Waals surface area (Å²) in [6, 6.07) is 13.2. The molecular formula is C20H23NO3. The van der Waals surface area contributed by atoms with Crippen molar-refractivity contribution in [2.75, 3.05) is 7.11 Å². The van der Waals surface area contributed by atoms with Crippen LogP contribution in [0.5, 0.6) is 11.5 Å². The van der Waals surface area contributed by atoms with E-state index in [1.165, 1.54) is 0 Å². The normalized spacial score (nSPS) is 18.2. The van der Waals surface area contributed by atoms with Crippen molar-refractivity contribution in [3.8, 4) is 11.5 Å². The molecule has 1 N–H and O–H groups in total. The van der Waals surface area contributed by atoms with Crippen molar-refractivity contribution in [1.29, 1.82) is 0 Å². The van der Waals surface area contributed by atoms with E-state index in [1.807, 2.05) is 51.1 Å². The molecule has 1 unspecified atom stereocenters. The number of aryl methyl sites for hydroxylation is 1. The van der Waals surface area contributed by atoms with Crippen LogP contribution in [0.1, 0.15) is 47.8 Å². The van der Waals surface area contributed by atoms with Crippen molar-refractivity contribution in [2.24, 2.45) is 0 Å². The predicted molar refractivity (Wildman–Crippen MR) is 93.7 cm³/mol. The molecule has 0 radical (unpaired) electrons. The number of methoxy groups -OCH3 is 1. The van der Waals surface area contributed by atoms with Gasteiger partial charge in [-0.3, -0.25) is 4.79 Å². The molecule has 0 saturated heterocycles. The summed E-state index contributed by atoms with van der Waals surface area (Å²) in [5.41, 5.74) is 2.43. The van der Waals surface area contributed by atoms with Gasteiger partial charge in [0, 0.05) is 17.5 Å². The second-order valence-electron chi connectivity index (χ2n) is 6.87. The molecule has 1 atom stereocenters. The van der Waals surface area contributed by atoms with Gasteiger partial charge in [0.1, 0.15) is 17.1 Å². The molecule has 1 aliphatic rings. The fourth-order valence-electron chi connectivity index (χ4n) is 3.09. The lowest BCUT2D eigenvalue weighted by molar-refractivity contribution is 0.0619. The molecular weight excluding hydrogens is 302 g/mol. The highest BCUT2D eigenvalue weighted by molar-refractivity contribution is 5.94. The molecule has 0 fully saturated rings. The fraction of sp³-hybridized carbons (Fsp3) is 0.350. The first kappa shape index (κ1) is 16.4. The first-order valence-electron chi connectivity index (χ1n) is 8.12. The number of amides is 1. The molecule has 4 heteroatoms. The topological polar surface area (TPSA) is 47.6 Å². The van der Waals surface area contributed by atoms with Crippen LogP contribution >= 0.6 is 0 Å². The Labute approximate surface area is 142 Å². The second kappa shape index (κ2) is 6.19. The molecule has 1 amide bonds. The zero-order valence-electron chi connectivity index (χ0n) is 14.6. The maximum Gasteiger partial charge on any atom is 0.251 e. The molecule has 3 rings (SSSR count). The lowest BCUT2D eigenvalue weighted by atomic mass is 9.89. The van der Waals surface area contributed by atoms with Crippen LogP contribution in [0, 0.1) is 6.92 Å². The lowest BCUT2D eigenvalue weighted by Gasteiger charge is -2.38. The molecule has 4 nitrogen and oxygen atoms in total. The first-order chi connectivity index (χ1) is 11.4. The molecule has 0 saturated carbocycles. The van der Waals surface area contributed by atoms with Gasteiger partial charge in [-0.1, -0.05) is 18.2 Å². The van der Waals surface area contributed by atoms with Gasteiger partial charge in [0.15, 0.2) is 0 Å². The molecule has 0 aromatic heterocycles. The van der Waals surface area contributed by atoms with Crippen molar-refractivity contribution in [2.45, 2.75) is 38.8 Å². The van der Waals surface area contributed by atoms with E-state index in [1.54, 1.807) is 19.2 Å². The summed E-state index contributed by atoms with van der Waals surface area (Å²) >= 11 is 0. The van der Waals surface area contributed by atoms with Crippen molar-refractivity contribution in [1.82, 2.24) is 5.32 Å². The Morgan fingerprint density at radius 3 is 2.79 bits per heavy atom. The number of hydrogen-bond acceptors (Lipinski definition) is 3. The van der Waals surface area contributed by atoms with E-state index in [0.29, 0.717) is 11.3 Å². The van der Waals surface area contributed by atoms with Crippen LogP contribution in [0.25, 0.3) is 0 Å². The van der Waals surface area contributed by atoms with Crippen LogP contribution in [-0.4, -0.2) is 18.6 Å². The molecule has 24 heavy (non-hydrogen) atoms. The number of rotatable bonds is 3. The molecule has 0 aliphatic carbocycles. The Morgan fingerprint density at radius 2 is 2.04 bits per heavy atom. The van der Waals surface area contributed by atoms with E-state index in [-0.39, 0.29) is 17.6 Å². The van der Waals surface area contributed by atoms with Crippen LogP contribution in [0.3, 0.4) is 0 Å². The molecule has 126 valence electrons. The monoisotopic (exact) mass is 325 g/mol. The minimum absolute atomic E-state index is 0.0805. The van der Waals surface area contributed by atoms with E-state index in [2.05, 4.69) is 5.32 Å². The lowest BCUT2D eigenvalue weighted by Crippen LogP contribution is -2.41. The average molecular weight is 325 g/mol. The summed E-state index contributed by atoms with van der Waals surface area (Å²) in [7, 11) is 1.59. The SMILES string of the molecule is COc1cccc(C(=O)NC2CC(C)(C)Oc3cc(C)ccc32)c1. The zero-order valence-corrected chi connectivity index (χ0v) is 14.6. The summed E-state index contributed by atoms with van der Waals surface area (Å²) in [6.07, 6.45) is 0.721. The van der Waals surface area contributed by atoms with Gasteiger partial charge < -0.3 is 14.8 Å². The molecule has 1 heterocycles. The smallest absolute Gasteiger partial charge is 0.251 e. The van der Waals surface area contributed by atoms with Crippen molar-refractivity contribution >= 4 is 5.91 Å². The first-order valence-corrected chi connectivity index (χ1v) is 8.12. The van der Waals surface area contributed by atoms with Gasteiger partial charge in [0.05, 0.1) is 13.2 Å². The average Bonchev–Trinajstić information content (AvgIpc) is 2.53. The summed E-state index contributed by atoms with van der Waals surface area (Å²) in [5.74, 6) is 1.41. The van der Waals surface area contributed by atoms with Gasteiger partial charge in [0.25, 0.3) is 5.91 Å². The highest BCUT2D eigenvalue weighted by Gasteiger charge is 2.34. The largest absolute Gasteiger partial charge is 0.497 e. The van der Waals surface area contributed by atoms with Gasteiger partial charge in [-0.05, 0) is 50.6 Å². The number of benzene rings is 2. The number of nitrogens with one attached hydrogen (secondary N) is 1. The van der Waals surface area contributed by atoms with Crippen LogP contribution in [0.4, 0.5) is 0 Å². The molecule has 1 aliphatic heterocycles. The second-order valence-corrected chi connectivity index (χ2v) is 6.87. The summed E-state index contributed by atoms with van der Waals surface area (Å²) in [5, 5.41) is 3.14. The van der Waals surface area contributed by atoms with Gasteiger partial charge in [0.2, 0.25) is 0 Å². The quantitative estimate of drug-likeness (QED) is 0.926. The standard InChI is InChI=1S/C20H23NO3/c1-13-8-9-16-17(12-20(2,3)24-18(16)10-13)21-19(22)14-6-5-7-15(11-14)23-4/h5-11,17H,12H2,1-4H3,(H,21,22). The zero-order chi connectivity index (χ0) is 17.3. The van der Waals surface area contributed by atoms with Gasteiger partial charge in [-0.15, -0.1) is 0 Å². The maximum atomic E-state index is 12.7. The van der Waals surface area contributed by atoms with E-state index in [4.69, 9.17) is 9.47 Å². The number of hydrogen-bond donors (Lipinski definition) is 1. The summed E-state index contributed by atoms with van der Waals surface area (Å²) in [6.45, 7) is 6.13. The highest BCUT2D eigenvalue weighted by atomic mass is 16.5. The van der Waals surface area contributed by atoms with Gasteiger partial charge >= 0.3 is 0 Å². The molecule has 0 spiro atoms. The molecule has 2 aromatic carbocycles. The summed E-state index contributed by atoms with van der Waals surface area (Å²) < 4.78 is 11.3. The fourth-order valence-corrected chi connectivity index (χ4v) is 3.09. The Morgan fingerprint density at radius 1 is 1.25 bits per heavy atom. The number of ether oxygens (including phenoxy) is 2. The van der Waals surface area contributed by atoms with Crippen molar-refractivity contribution < 1.29 is 14.3 Å². The van der Waals surface area contributed by atoms with Crippen molar-refractivity contribution in [3.63, 3.8) is 0 Å². The minimum Gasteiger partial charge on any atom is -0.497 e. The maximum absolute atomic E-state index is 12.7. The van der Waals surface area contributed by atoms with E-state index in [9.17, 15) is 4.79 Å². The number of carbonyl (C=O) groups is 1. The Kier molecular flexibility index (Phi) is 4.22. The van der Waals surface area contributed by atoms with E-state index < -0.39 is 0 Å². The van der Waals surface area contributed by atoms with E-state index in [0.717, 1.165) is 23.3 Å². The third-order valence-electron chi connectivity index (χ3n) is 4.26. The molecule has 2 aromatic rings. The molecule has 0 bridgehead atoms. The summed E-state index contributed by atoms with van der Waals surface area (Å²) in [4.78, 5) is 12.7. The third kappa shape index (κ3) is 3.37. The Bertz CT molecular complexity index is 767. The van der Waals surface area contributed by atoms with Crippen LogP contribution in [0.15, 0.2) is 42.5 Å². The number of fused-ring (bicyclic) bond motifs is 1. The van der Waals surface area contributed by atoms with Crippen LogP contribution in [-0.2, 0) is 0 Å². The van der Waals surface area contributed by atoms with Gasteiger partial charge in [-0.25, -0.2) is 0 Å². The highest BCUT2D eigenvalue weighted by Crippen LogP contribution is 2.40. The number of carbonyl (C=O) groups excluding carboxylic acids is 1. The van der Waals surface area contributed by atoms with Gasteiger partial charge in [-0.2, -0.15) is 0 Å². The predicted octanol–water partition coefficient (Wildman–Crippen LogP) is 4.04.